The van der Waals surface area contributed by atoms with E-state index in [0.29, 0.717) is 36.1 Å². The third-order valence-corrected chi connectivity index (χ3v) is 4.88. The van der Waals surface area contributed by atoms with Crippen LogP contribution in [0.15, 0.2) is 24.3 Å². The molecule has 170 valence electrons. The lowest BCUT2D eigenvalue weighted by atomic mass is 9.92. The fourth-order valence-electron chi connectivity index (χ4n) is 3.03. The van der Waals surface area contributed by atoms with Crippen molar-refractivity contribution in [3.8, 4) is 11.5 Å². The van der Waals surface area contributed by atoms with E-state index in [1.54, 1.807) is 31.2 Å². The number of carbonyl (C=O) groups is 1. The highest BCUT2D eigenvalue weighted by Gasteiger charge is 2.28. The molecule has 1 aliphatic rings. The Labute approximate surface area is 178 Å². The maximum atomic E-state index is 12.7. The van der Waals surface area contributed by atoms with Crippen LogP contribution in [0, 0.1) is 0 Å². The Morgan fingerprint density at radius 2 is 1.84 bits per heavy atom. The largest absolute Gasteiger partial charge is 0.486 e. The van der Waals surface area contributed by atoms with E-state index in [1.165, 1.54) is 0 Å². The quantitative estimate of drug-likeness (QED) is 0.719. The molecule has 0 spiro atoms. The van der Waals surface area contributed by atoms with Crippen molar-refractivity contribution < 1.29 is 27.4 Å². The number of halogens is 3. The zero-order valence-corrected chi connectivity index (χ0v) is 18.0. The Balaban J connectivity index is 1.70. The maximum Gasteiger partial charge on any atom is 0.407 e. The van der Waals surface area contributed by atoms with Crippen LogP contribution in [0.4, 0.5) is 13.2 Å². The first-order chi connectivity index (χ1) is 14.4. The Morgan fingerprint density at radius 3 is 2.48 bits per heavy atom. The topological polar surface area (TPSA) is 77.4 Å². The van der Waals surface area contributed by atoms with Gasteiger partial charge in [-0.05, 0) is 30.7 Å². The Bertz CT molecular complexity index is 935. The van der Waals surface area contributed by atoms with E-state index in [1.807, 2.05) is 20.8 Å². The van der Waals surface area contributed by atoms with Crippen molar-refractivity contribution in [2.75, 3.05) is 25.2 Å². The lowest BCUT2D eigenvalue weighted by molar-refractivity contribution is -0.122. The van der Waals surface area contributed by atoms with Gasteiger partial charge in [-0.2, -0.15) is 23.1 Å². The van der Waals surface area contributed by atoms with Gasteiger partial charge in [-0.25, -0.2) is 0 Å². The molecule has 0 radical (unpaired) electrons. The van der Waals surface area contributed by atoms with Gasteiger partial charge in [-0.3, -0.25) is 4.79 Å². The van der Waals surface area contributed by atoms with Crippen molar-refractivity contribution in [2.24, 2.45) is 0 Å². The van der Waals surface area contributed by atoms with Gasteiger partial charge in [-0.1, -0.05) is 26.8 Å². The van der Waals surface area contributed by atoms with E-state index >= 15 is 0 Å². The number of carbonyl (C=O) groups excluding carboxylic acids is 1. The first-order valence-corrected chi connectivity index (χ1v) is 10.0. The third kappa shape index (κ3) is 5.83. The van der Waals surface area contributed by atoms with E-state index in [2.05, 4.69) is 15.8 Å². The molecule has 1 aromatic carbocycles. The summed E-state index contributed by atoms with van der Waals surface area (Å²) in [5.74, 6) is 0.472. The van der Waals surface area contributed by atoms with Crippen LogP contribution >= 0.6 is 0 Å². The Morgan fingerprint density at radius 1 is 1.16 bits per heavy atom. The second-order valence-electron chi connectivity index (χ2n) is 8.48. The molecule has 0 saturated carbocycles. The number of aromatic nitrogens is 2. The molecular formula is C21H27F3N4O3. The number of hydrogen-bond donors (Lipinski definition) is 2. The SMILES string of the molecule is CC(C(=O)NCc1cc(C(C)(C)C)nn1NCC(F)(F)F)c1ccc2c(c1)OCCO2. The summed E-state index contributed by atoms with van der Waals surface area (Å²) >= 11 is 0. The number of benzene rings is 1. The van der Waals surface area contributed by atoms with Crippen molar-refractivity contribution >= 4 is 5.91 Å². The van der Waals surface area contributed by atoms with Crippen molar-refractivity contribution in [1.29, 1.82) is 0 Å². The van der Waals surface area contributed by atoms with Gasteiger partial charge in [0.2, 0.25) is 5.91 Å². The number of amides is 1. The van der Waals surface area contributed by atoms with Gasteiger partial charge in [0.1, 0.15) is 19.8 Å². The predicted molar refractivity (Wildman–Crippen MR) is 109 cm³/mol. The van der Waals surface area contributed by atoms with Gasteiger partial charge in [0.15, 0.2) is 11.5 Å². The molecule has 1 aliphatic heterocycles. The van der Waals surface area contributed by atoms with E-state index in [4.69, 9.17) is 9.47 Å². The summed E-state index contributed by atoms with van der Waals surface area (Å²) in [6.45, 7) is 7.22. The summed E-state index contributed by atoms with van der Waals surface area (Å²) in [7, 11) is 0. The molecule has 2 aromatic rings. The fraction of sp³-hybridized carbons (Fsp3) is 0.524. The first kappa shape index (κ1) is 22.8. The number of hydrogen-bond acceptors (Lipinski definition) is 5. The van der Waals surface area contributed by atoms with Crippen LogP contribution in [0.2, 0.25) is 0 Å². The number of nitrogens with zero attached hydrogens (tertiary/aromatic N) is 2. The van der Waals surface area contributed by atoms with Crippen LogP contribution in [-0.4, -0.2) is 41.7 Å². The highest BCUT2D eigenvalue weighted by atomic mass is 19.4. The molecule has 2 heterocycles. The van der Waals surface area contributed by atoms with Gasteiger partial charge >= 0.3 is 6.18 Å². The van der Waals surface area contributed by atoms with Crippen LogP contribution in [0.5, 0.6) is 11.5 Å². The van der Waals surface area contributed by atoms with Crippen molar-refractivity contribution in [3.63, 3.8) is 0 Å². The predicted octanol–water partition coefficient (Wildman–Crippen LogP) is 3.48. The van der Waals surface area contributed by atoms with E-state index in [0.717, 1.165) is 10.4 Å². The summed E-state index contributed by atoms with van der Waals surface area (Å²) in [4.78, 5) is 13.8. The monoisotopic (exact) mass is 440 g/mol. The van der Waals surface area contributed by atoms with Crippen LogP contribution < -0.4 is 20.2 Å². The van der Waals surface area contributed by atoms with E-state index in [9.17, 15) is 18.0 Å². The Hall–Kier alpha value is -2.91. The summed E-state index contributed by atoms with van der Waals surface area (Å²) in [6.07, 6.45) is -4.39. The average Bonchev–Trinajstić information content (AvgIpc) is 3.12. The zero-order valence-electron chi connectivity index (χ0n) is 18.0. The normalized spacial score (nSPS) is 14.8. The molecule has 2 N–H and O–H groups in total. The molecule has 1 atom stereocenters. The molecular weight excluding hydrogens is 413 g/mol. The number of nitrogens with one attached hydrogen (secondary N) is 2. The van der Waals surface area contributed by atoms with Crippen molar-refractivity contribution in [3.05, 3.63) is 41.2 Å². The molecule has 3 rings (SSSR count). The lowest BCUT2D eigenvalue weighted by Crippen LogP contribution is -2.33. The first-order valence-electron chi connectivity index (χ1n) is 10.0. The molecule has 31 heavy (non-hydrogen) atoms. The maximum absolute atomic E-state index is 12.7. The smallest absolute Gasteiger partial charge is 0.407 e. The second kappa shape index (κ2) is 8.68. The number of alkyl halides is 3. The lowest BCUT2D eigenvalue weighted by Gasteiger charge is -2.20. The van der Waals surface area contributed by atoms with Crippen molar-refractivity contribution in [2.45, 2.75) is 51.7 Å². The summed E-state index contributed by atoms with van der Waals surface area (Å²) in [6, 6.07) is 7.02. The standard InChI is InChI=1S/C21H27F3N4O3/c1-13(14-5-6-16-17(9-14)31-8-7-30-16)19(29)25-11-15-10-18(20(2,3)4)27-28(15)26-12-21(22,23)24/h5-6,9-10,13,26H,7-8,11-12H2,1-4H3,(H,25,29). The van der Waals surface area contributed by atoms with Gasteiger partial charge in [-0.15, -0.1) is 0 Å². The number of ether oxygens (including phenoxy) is 2. The summed E-state index contributed by atoms with van der Waals surface area (Å²) in [5, 5.41) is 7.02. The van der Waals surface area contributed by atoms with Gasteiger partial charge in [0, 0.05) is 5.41 Å². The van der Waals surface area contributed by atoms with Gasteiger partial charge in [0.05, 0.1) is 23.9 Å². The molecule has 10 heteroatoms. The van der Waals surface area contributed by atoms with Crippen LogP contribution in [-0.2, 0) is 16.8 Å². The average molecular weight is 440 g/mol. The minimum atomic E-state index is -4.39. The third-order valence-electron chi connectivity index (χ3n) is 4.88. The van der Waals surface area contributed by atoms with Crippen LogP contribution in [0.3, 0.4) is 0 Å². The van der Waals surface area contributed by atoms with Crippen LogP contribution in [0.1, 0.15) is 50.6 Å². The molecule has 1 aromatic heterocycles. The molecule has 0 aliphatic carbocycles. The van der Waals surface area contributed by atoms with Gasteiger partial charge < -0.3 is 20.2 Å². The van der Waals surface area contributed by atoms with Gasteiger partial charge in [0.25, 0.3) is 0 Å². The molecule has 0 fully saturated rings. The minimum Gasteiger partial charge on any atom is -0.486 e. The molecule has 7 nitrogen and oxygen atoms in total. The molecule has 1 unspecified atom stereocenters. The second-order valence-corrected chi connectivity index (χ2v) is 8.48. The number of rotatable bonds is 6. The minimum absolute atomic E-state index is 0.0294. The fourth-order valence-corrected chi connectivity index (χ4v) is 3.03. The molecule has 1 amide bonds. The number of fused-ring (bicyclic) bond motifs is 1. The highest BCUT2D eigenvalue weighted by molar-refractivity contribution is 5.83. The molecule has 0 saturated heterocycles. The van der Waals surface area contributed by atoms with Crippen LogP contribution in [0.25, 0.3) is 0 Å². The van der Waals surface area contributed by atoms with E-state index in [-0.39, 0.29) is 17.9 Å². The zero-order chi connectivity index (χ0) is 22.8. The summed E-state index contributed by atoms with van der Waals surface area (Å²) < 4.78 is 49.0. The Kier molecular flexibility index (Phi) is 6.38. The van der Waals surface area contributed by atoms with Crippen molar-refractivity contribution in [1.82, 2.24) is 15.2 Å². The highest BCUT2D eigenvalue weighted by Crippen LogP contribution is 2.33. The van der Waals surface area contributed by atoms with E-state index < -0.39 is 18.6 Å². The summed E-state index contributed by atoms with van der Waals surface area (Å²) in [5.41, 5.74) is 3.70. The molecule has 0 bridgehead atoms.